The van der Waals surface area contributed by atoms with Crippen LogP contribution in [0.2, 0.25) is 0 Å². The van der Waals surface area contributed by atoms with Crippen molar-refractivity contribution in [3.8, 4) is 0 Å². The molecule has 2 aliphatic rings. The van der Waals surface area contributed by atoms with Crippen molar-refractivity contribution in [2.24, 2.45) is 5.92 Å². The molecule has 32 heavy (non-hydrogen) atoms. The molecule has 0 aliphatic heterocycles. The number of aryl methyl sites for hydroxylation is 1. The summed E-state index contributed by atoms with van der Waals surface area (Å²) in [6.45, 7) is 7.37. The molecule has 2 heterocycles. The molecular weight excluding hydrogens is 440 g/mol. The highest BCUT2D eigenvalue weighted by Gasteiger charge is 2.48. The Morgan fingerprint density at radius 1 is 1.25 bits per heavy atom. The average Bonchev–Trinajstić information content (AvgIpc) is 3.43. The van der Waals surface area contributed by atoms with E-state index in [0.29, 0.717) is 23.2 Å². The minimum atomic E-state index is -2.78. The van der Waals surface area contributed by atoms with Gasteiger partial charge in [0.25, 0.3) is 11.5 Å². The fourth-order valence-corrected chi connectivity index (χ4v) is 5.33. The van der Waals surface area contributed by atoms with E-state index in [-0.39, 0.29) is 31.1 Å². The third-order valence-corrected chi connectivity index (χ3v) is 7.37. The fraction of sp³-hybridized carbons (Fsp3) is 0.682. The molecule has 1 N–H and O–H groups in total. The number of carbonyl (C=O) groups is 1. The Morgan fingerprint density at radius 2 is 1.94 bits per heavy atom. The largest absolute Gasteiger partial charge is 0.459 e. The zero-order valence-corrected chi connectivity index (χ0v) is 19.6. The van der Waals surface area contributed by atoms with E-state index in [1.54, 1.807) is 27.7 Å². The lowest BCUT2D eigenvalue weighted by atomic mass is 9.81. The first-order valence-electron chi connectivity index (χ1n) is 11.0. The van der Waals surface area contributed by atoms with E-state index in [0.717, 1.165) is 23.3 Å². The number of ether oxygens (including phenoxy) is 1. The molecule has 1 unspecified atom stereocenters. The Hall–Kier alpha value is -2.07. The van der Waals surface area contributed by atoms with Crippen LogP contribution >= 0.6 is 11.3 Å². The third-order valence-electron chi connectivity index (χ3n) is 6.06. The van der Waals surface area contributed by atoms with Gasteiger partial charge in [0.05, 0.1) is 11.9 Å². The molecule has 0 bridgehead atoms. The molecular formula is C22H29F2N3O4S. The Morgan fingerprint density at radius 3 is 2.47 bits per heavy atom. The van der Waals surface area contributed by atoms with Crippen molar-refractivity contribution in [1.29, 1.82) is 0 Å². The molecule has 4 rings (SSSR count). The summed E-state index contributed by atoms with van der Waals surface area (Å²) in [5.41, 5.74) is -0.714. The molecule has 0 radical (unpaired) electrons. The molecule has 2 fully saturated rings. The zero-order valence-electron chi connectivity index (χ0n) is 18.8. The second kappa shape index (κ2) is 8.06. The fourth-order valence-electron chi connectivity index (χ4n) is 4.06. The summed E-state index contributed by atoms with van der Waals surface area (Å²) < 4.78 is 35.9. The van der Waals surface area contributed by atoms with E-state index >= 15 is 0 Å². The lowest BCUT2D eigenvalue weighted by molar-refractivity contribution is -0.153. The van der Waals surface area contributed by atoms with Gasteiger partial charge in [-0.1, -0.05) is 0 Å². The Kier molecular flexibility index (Phi) is 5.82. The van der Waals surface area contributed by atoms with Crippen LogP contribution in [0, 0.1) is 12.8 Å². The van der Waals surface area contributed by atoms with Gasteiger partial charge in [-0.15, -0.1) is 11.3 Å². The number of alkyl halides is 2. The van der Waals surface area contributed by atoms with Crippen LogP contribution in [0.5, 0.6) is 0 Å². The van der Waals surface area contributed by atoms with E-state index in [4.69, 9.17) is 4.74 Å². The van der Waals surface area contributed by atoms with Gasteiger partial charge in [0, 0.05) is 36.3 Å². The second-order valence-electron chi connectivity index (χ2n) is 9.82. The highest BCUT2D eigenvalue weighted by atomic mass is 32.1. The minimum absolute atomic E-state index is 0.00162. The van der Waals surface area contributed by atoms with Crippen LogP contribution in [0.15, 0.2) is 9.59 Å². The number of hydrogen-bond acceptors (Lipinski definition) is 6. The van der Waals surface area contributed by atoms with Gasteiger partial charge in [-0.25, -0.2) is 13.6 Å². The number of halogens is 2. The summed E-state index contributed by atoms with van der Waals surface area (Å²) in [6, 6.07) is -0.152. The van der Waals surface area contributed by atoms with Crippen molar-refractivity contribution >= 4 is 27.5 Å². The molecule has 2 saturated carbocycles. The Labute approximate surface area is 188 Å². The van der Waals surface area contributed by atoms with Crippen molar-refractivity contribution < 1.29 is 18.3 Å². The molecule has 0 spiro atoms. The molecule has 10 heteroatoms. The van der Waals surface area contributed by atoms with Gasteiger partial charge in [0.1, 0.15) is 10.4 Å². The first-order chi connectivity index (χ1) is 14.9. The SMILES string of the molecule is Cc1c(CNCC(=O)OC(C)(C)C)sc2c1c(=O)n(C1CC1)c(=O)n2CC1CCC1(F)F. The maximum absolute atomic E-state index is 14.0. The van der Waals surface area contributed by atoms with Crippen LogP contribution in [0.4, 0.5) is 8.78 Å². The molecule has 1 atom stereocenters. The third kappa shape index (κ3) is 4.39. The minimum Gasteiger partial charge on any atom is -0.459 e. The first-order valence-corrected chi connectivity index (χ1v) is 11.8. The number of hydrogen-bond donors (Lipinski definition) is 1. The highest BCUT2D eigenvalue weighted by molar-refractivity contribution is 7.18. The van der Waals surface area contributed by atoms with Gasteiger partial charge in [-0.2, -0.15) is 0 Å². The van der Waals surface area contributed by atoms with Crippen molar-refractivity contribution in [1.82, 2.24) is 14.5 Å². The van der Waals surface area contributed by atoms with Gasteiger partial charge in [0.15, 0.2) is 0 Å². The van der Waals surface area contributed by atoms with Crippen LogP contribution in [-0.4, -0.2) is 33.2 Å². The molecule has 2 aromatic heterocycles. The van der Waals surface area contributed by atoms with E-state index in [1.807, 2.05) is 0 Å². The average molecular weight is 470 g/mol. The van der Waals surface area contributed by atoms with Gasteiger partial charge in [-0.05, 0) is 52.5 Å². The number of nitrogens with zero attached hydrogens (tertiary/aromatic N) is 2. The predicted molar refractivity (Wildman–Crippen MR) is 119 cm³/mol. The number of thiophene rings is 1. The van der Waals surface area contributed by atoms with Gasteiger partial charge in [-0.3, -0.25) is 18.7 Å². The lowest BCUT2D eigenvalue weighted by Gasteiger charge is -2.36. The molecule has 0 saturated heterocycles. The van der Waals surface area contributed by atoms with E-state index < -0.39 is 29.1 Å². The number of carbonyl (C=O) groups excluding carboxylic acids is 1. The van der Waals surface area contributed by atoms with Gasteiger partial charge in [0.2, 0.25) is 0 Å². The predicted octanol–water partition coefficient (Wildman–Crippen LogP) is 3.34. The first kappa shape index (κ1) is 23.1. The van der Waals surface area contributed by atoms with Crippen LogP contribution in [0.3, 0.4) is 0 Å². The number of rotatable bonds is 7. The maximum Gasteiger partial charge on any atom is 0.332 e. The van der Waals surface area contributed by atoms with Crippen molar-refractivity contribution in [3.63, 3.8) is 0 Å². The van der Waals surface area contributed by atoms with Crippen molar-refractivity contribution in [2.75, 3.05) is 6.54 Å². The van der Waals surface area contributed by atoms with Crippen molar-refractivity contribution in [3.05, 3.63) is 31.3 Å². The Balaban J connectivity index is 1.66. The number of fused-ring (bicyclic) bond motifs is 1. The van der Waals surface area contributed by atoms with Crippen LogP contribution in [0.25, 0.3) is 10.2 Å². The Bertz CT molecular complexity index is 1170. The summed E-state index contributed by atoms with van der Waals surface area (Å²) >= 11 is 1.25. The number of aromatic nitrogens is 2. The van der Waals surface area contributed by atoms with Crippen molar-refractivity contribution in [2.45, 2.75) is 84.0 Å². The normalized spacial score (nSPS) is 20.4. The van der Waals surface area contributed by atoms with E-state index in [9.17, 15) is 23.2 Å². The lowest BCUT2D eigenvalue weighted by Crippen LogP contribution is -2.46. The standard InChI is InChI=1S/C22H29F2N3O4S/c1-12-15(9-25-10-16(28)31-21(2,3)4)32-19-17(12)18(29)27(14-5-6-14)20(30)26(19)11-13-7-8-22(13,23)24/h13-14,25H,5-11H2,1-4H3. The summed E-state index contributed by atoms with van der Waals surface area (Å²) in [5, 5.41) is 3.44. The summed E-state index contributed by atoms with van der Waals surface area (Å²) in [6.07, 6.45) is 1.68. The van der Waals surface area contributed by atoms with Gasteiger partial charge < -0.3 is 10.1 Å². The summed E-state index contributed by atoms with van der Waals surface area (Å²) in [4.78, 5) is 39.5. The zero-order chi connectivity index (χ0) is 23.4. The monoisotopic (exact) mass is 469 g/mol. The topological polar surface area (TPSA) is 82.3 Å². The van der Waals surface area contributed by atoms with E-state index in [1.165, 1.54) is 20.5 Å². The quantitative estimate of drug-likeness (QED) is 0.629. The molecule has 176 valence electrons. The second-order valence-corrected chi connectivity index (χ2v) is 10.9. The highest BCUT2D eigenvalue weighted by Crippen LogP contribution is 2.44. The number of esters is 1. The summed E-state index contributed by atoms with van der Waals surface area (Å²) in [7, 11) is 0. The van der Waals surface area contributed by atoms with E-state index in [2.05, 4.69) is 5.32 Å². The van der Waals surface area contributed by atoms with Crippen LogP contribution in [-0.2, 0) is 22.6 Å². The molecule has 2 aromatic rings. The number of nitrogens with one attached hydrogen (secondary N) is 1. The van der Waals surface area contributed by atoms with Gasteiger partial charge >= 0.3 is 11.7 Å². The molecule has 2 aliphatic carbocycles. The summed E-state index contributed by atoms with van der Waals surface area (Å²) in [5.74, 6) is -4.07. The van der Waals surface area contributed by atoms with Crippen LogP contribution < -0.4 is 16.6 Å². The molecule has 7 nitrogen and oxygen atoms in total. The maximum atomic E-state index is 14.0. The molecule has 0 amide bonds. The van der Waals surface area contributed by atoms with Crippen LogP contribution in [0.1, 0.15) is 62.9 Å². The molecule has 0 aromatic carbocycles. The smallest absolute Gasteiger partial charge is 0.332 e.